The van der Waals surface area contributed by atoms with E-state index in [4.69, 9.17) is 21.1 Å². The van der Waals surface area contributed by atoms with Crippen molar-refractivity contribution in [3.05, 3.63) is 99.9 Å². The minimum absolute atomic E-state index is 0.296. The average molecular weight is 437 g/mol. The average Bonchev–Trinajstić information content (AvgIpc) is 3.12. The lowest BCUT2D eigenvalue weighted by Crippen LogP contribution is -2.09. The van der Waals surface area contributed by atoms with E-state index in [2.05, 4.69) is 0 Å². The highest BCUT2D eigenvalue weighted by atomic mass is 35.5. The minimum atomic E-state index is -0.528. The summed E-state index contributed by atoms with van der Waals surface area (Å²) in [5.74, 6) is -0.620. The largest absolute Gasteiger partial charge is 0.462 e. The van der Waals surface area contributed by atoms with Crippen molar-refractivity contribution < 1.29 is 19.1 Å². The summed E-state index contributed by atoms with van der Waals surface area (Å²) in [4.78, 5) is 25.0. The zero-order valence-corrected chi connectivity index (χ0v) is 17.4. The van der Waals surface area contributed by atoms with E-state index in [0.29, 0.717) is 34.2 Å². The molecule has 0 bridgehead atoms. The summed E-state index contributed by atoms with van der Waals surface area (Å²) in [5, 5.41) is 1.21. The zero-order chi connectivity index (χ0) is 20.9. The lowest BCUT2D eigenvalue weighted by atomic mass is 10.2. The van der Waals surface area contributed by atoms with Gasteiger partial charge in [-0.15, -0.1) is 11.3 Å². The normalized spacial score (nSPS) is 10.7. The predicted octanol–water partition coefficient (Wildman–Crippen LogP) is 6.17. The number of hydrogen-bond acceptors (Lipinski definition) is 5. The summed E-state index contributed by atoms with van der Waals surface area (Å²) in [5.41, 5.74) is 1.50. The van der Waals surface area contributed by atoms with Crippen molar-refractivity contribution in [2.75, 3.05) is 6.61 Å². The molecule has 6 heteroatoms. The summed E-state index contributed by atoms with van der Waals surface area (Å²) in [7, 11) is 0. The number of carbonyl (C=O) groups excluding carboxylic acids is 2. The summed E-state index contributed by atoms with van der Waals surface area (Å²) in [6.07, 6.45) is 0.651. The van der Waals surface area contributed by atoms with E-state index in [1.165, 1.54) is 11.3 Å². The van der Waals surface area contributed by atoms with Crippen LogP contribution in [0.5, 0.6) is 5.75 Å². The number of thiophene rings is 1. The Labute approximate surface area is 182 Å². The molecule has 0 aliphatic rings. The highest BCUT2D eigenvalue weighted by Gasteiger charge is 2.19. The fourth-order valence-corrected chi connectivity index (χ4v) is 4.33. The standard InChI is InChI=1S/C24H17ClO4S/c25-21-19-8-4-5-9-20(19)30-22(21)24(27)29-18-12-10-17(11-13-18)23(26)28-15-14-16-6-2-1-3-7-16/h1-13H,14-15H2. The van der Waals surface area contributed by atoms with E-state index in [1.807, 2.05) is 54.6 Å². The number of carbonyl (C=O) groups is 2. The number of fused-ring (bicyclic) bond motifs is 1. The molecular weight excluding hydrogens is 420 g/mol. The van der Waals surface area contributed by atoms with Crippen LogP contribution in [0.1, 0.15) is 25.6 Å². The van der Waals surface area contributed by atoms with Gasteiger partial charge in [-0.2, -0.15) is 0 Å². The number of esters is 2. The Bertz CT molecular complexity index is 1180. The molecule has 4 rings (SSSR count). The van der Waals surface area contributed by atoms with E-state index in [1.54, 1.807) is 24.3 Å². The number of benzene rings is 3. The second-order valence-electron chi connectivity index (χ2n) is 6.53. The first-order chi connectivity index (χ1) is 14.6. The van der Waals surface area contributed by atoms with Crippen LogP contribution in [-0.4, -0.2) is 18.5 Å². The van der Waals surface area contributed by atoms with Crippen molar-refractivity contribution in [3.63, 3.8) is 0 Å². The Hall–Kier alpha value is -3.15. The van der Waals surface area contributed by atoms with Gasteiger partial charge >= 0.3 is 11.9 Å². The van der Waals surface area contributed by atoms with Gasteiger partial charge in [-0.05, 0) is 35.9 Å². The van der Waals surface area contributed by atoms with Crippen LogP contribution in [0.25, 0.3) is 10.1 Å². The molecule has 0 aliphatic carbocycles. The molecule has 0 N–H and O–H groups in total. The fourth-order valence-electron chi connectivity index (χ4n) is 2.95. The van der Waals surface area contributed by atoms with Crippen molar-refractivity contribution in [1.29, 1.82) is 0 Å². The molecular formula is C24H17ClO4S. The van der Waals surface area contributed by atoms with Gasteiger partial charge < -0.3 is 9.47 Å². The first-order valence-electron chi connectivity index (χ1n) is 9.32. The maximum atomic E-state index is 12.5. The highest BCUT2D eigenvalue weighted by Crippen LogP contribution is 2.35. The smallest absolute Gasteiger partial charge is 0.355 e. The van der Waals surface area contributed by atoms with Gasteiger partial charge in [0.15, 0.2) is 0 Å². The van der Waals surface area contributed by atoms with Crippen molar-refractivity contribution >= 4 is 45.0 Å². The van der Waals surface area contributed by atoms with Crippen LogP contribution in [0, 0.1) is 0 Å². The quantitative estimate of drug-likeness (QED) is 0.268. The van der Waals surface area contributed by atoms with Gasteiger partial charge in [-0.1, -0.05) is 60.1 Å². The van der Waals surface area contributed by atoms with Gasteiger partial charge in [0.05, 0.1) is 17.2 Å². The van der Waals surface area contributed by atoms with Gasteiger partial charge in [0, 0.05) is 16.5 Å². The molecule has 4 aromatic rings. The number of halogens is 1. The van der Waals surface area contributed by atoms with Gasteiger partial charge in [0.25, 0.3) is 0 Å². The summed E-state index contributed by atoms with van der Waals surface area (Å²) in [6.45, 7) is 0.296. The molecule has 0 radical (unpaired) electrons. The third-order valence-corrected chi connectivity index (χ3v) is 6.14. The Kier molecular flexibility index (Phi) is 6.12. The molecule has 3 aromatic carbocycles. The molecule has 0 unspecified atom stereocenters. The van der Waals surface area contributed by atoms with E-state index in [0.717, 1.165) is 15.6 Å². The molecule has 0 spiro atoms. The molecule has 30 heavy (non-hydrogen) atoms. The van der Waals surface area contributed by atoms with Crippen molar-refractivity contribution in [3.8, 4) is 5.75 Å². The number of ether oxygens (including phenoxy) is 2. The van der Waals surface area contributed by atoms with Crippen molar-refractivity contribution in [1.82, 2.24) is 0 Å². The summed E-state index contributed by atoms with van der Waals surface area (Å²) in [6, 6.07) is 23.6. The Morgan fingerprint density at radius 1 is 0.833 bits per heavy atom. The van der Waals surface area contributed by atoms with Crippen molar-refractivity contribution in [2.45, 2.75) is 6.42 Å². The van der Waals surface area contributed by atoms with Crippen molar-refractivity contribution in [2.24, 2.45) is 0 Å². The van der Waals surface area contributed by atoms with Crippen LogP contribution in [0.4, 0.5) is 0 Å². The van der Waals surface area contributed by atoms with Gasteiger partial charge in [-0.25, -0.2) is 9.59 Å². The van der Waals surface area contributed by atoms with Crippen LogP contribution in [0.15, 0.2) is 78.9 Å². The molecule has 4 nitrogen and oxygen atoms in total. The third kappa shape index (κ3) is 4.53. The first kappa shape index (κ1) is 20.1. The molecule has 0 aliphatic heterocycles. The van der Waals surface area contributed by atoms with E-state index >= 15 is 0 Å². The highest BCUT2D eigenvalue weighted by molar-refractivity contribution is 7.21. The molecule has 0 atom stereocenters. The zero-order valence-electron chi connectivity index (χ0n) is 15.8. The molecule has 0 saturated carbocycles. The van der Waals surface area contributed by atoms with Crippen LogP contribution in [-0.2, 0) is 11.2 Å². The maximum Gasteiger partial charge on any atom is 0.355 e. The monoisotopic (exact) mass is 436 g/mol. The predicted molar refractivity (Wildman–Crippen MR) is 119 cm³/mol. The second-order valence-corrected chi connectivity index (χ2v) is 7.96. The summed E-state index contributed by atoms with van der Waals surface area (Å²) >= 11 is 7.61. The van der Waals surface area contributed by atoms with Crippen LogP contribution in [0.2, 0.25) is 5.02 Å². The summed E-state index contributed by atoms with van der Waals surface area (Å²) < 4.78 is 11.6. The van der Waals surface area contributed by atoms with E-state index in [-0.39, 0.29) is 0 Å². The molecule has 0 amide bonds. The van der Waals surface area contributed by atoms with Gasteiger partial charge in [0.1, 0.15) is 10.6 Å². The maximum absolute atomic E-state index is 12.5. The van der Waals surface area contributed by atoms with E-state index < -0.39 is 11.9 Å². The number of hydrogen-bond donors (Lipinski definition) is 0. The first-order valence-corrected chi connectivity index (χ1v) is 10.5. The van der Waals surface area contributed by atoms with Crippen LogP contribution < -0.4 is 4.74 Å². The second kappa shape index (κ2) is 9.11. The topological polar surface area (TPSA) is 52.6 Å². The molecule has 0 saturated heterocycles. The Morgan fingerprint density at radius 2 is 1.53 bits per heavy atom. The molecule has 1 aromatic heterocycles. The lowest BCUT2D eigenvalue weighted by molar-refractivity contribution is 0.0509. The molecule has 1 heterocycles. The Morgan fingerprint density at radius 3 is 2.27 bits per heavy atom. The fraction of sp³-hybridized carbons (Fsp3) is 0.0833. The molecule has 0 fully saturated rings. The lowest BCUT2D eigenvalue weighted by Gasteiger charge is -2.07. The van der Waals surface area contributed by atoms with E-state index in [9.17, 15) is 9.59 Å². The minimum Gasteiger partial charge on any atom is -0.462 e. The SMILES string of the molecule is O=C(OCCc1ccccc1)c1ccc(OC(=O)c2sc3ccccc3c2Cl)cc1. The van der Waals surface area contributed by atoms with Crippen LogP contribution >= 0.6 is 22.9 Å². The third-order valence-electron chi connectivity index (χ3n) is 4.49. The van der Waals surface area contributed by atoms with Gasteiger partial charge in [0.2, 0.25) is 0 Å². The van der Waals surface area contributed by atoms with Crippen LogP contribution in [0.3, 0.4) is 0 Å². The number of rotatable bonds is 6. The molecule has 150 valence electrons. The van der Waals surface area contributed by atoms with Gasteiger partial charge in [-0.3, -0.25) is 0 Å². The Balaban J connectivity index is 1.36.